The van der Waals surface area contributed by atoms with Gasteiger partial charge in [0.1, 0.15) is 5.75 Å². The van der Waals surface area contributed by atoms with Crippen molar-refractivity contribution < 1.29 is 9.53 Å². The summed E-state index contributed by atoms with van der Waals surface area (Å²) < 4.78 is 5.31. The zero-order valence-corrected chi connectivity index (χ0v) is 17.6. The zero-order chi connectivity index (χ0) is 20.2. The highest BCUT2D eigenvalue weighted by Crippen LogP contribution is 2.35. The van der Waals surface area contributed by atoms with Crippen molar-refractivity contribution in [3.63, 3.8) is 0 Å². The minimum Gasteiger partial charge on any atom is -0.497 e. The lowest BCUT2D eigenvalue weighted by Crippen LogP contribution is -2.36. The van der Waals surface area contributed by atoms with Crippen LogP contribution in [0.2, 0.25) is 0 Å². The fourth-order valence-corrected chi connectivity index (χ4v) is 4.83. The van der Waals surface area contributed by atoms with E-state index in [1.165, 1.54) is 43.5 Å². The average molecular weight is 393 g/mol. The van der Waals surface area contributed by atoms with Crippen LogP contribution in [0.4, 0.5) is 0 Å². The first kappa shape index (κ1) is 20.0. The van der Waals surface area contributed by atoms with Crippen LogP contribution in [0.1, 0.15) is 46.7 Å². The molecule has 0 N–H and O–H groups in total. The van der Waals surface area contributed by atoms with Gasteiger partial charge >= 0.3 is 0 Å². The molecule has 0 radical (unpaired) electrons. The van der Waals surface area contributed by atoms with E-state index in [9.17, 15) is 4.79 Å². The number of carbonyl (C=O) groups is 1. The van der Waals surface area contributed by atoms with E-state index < -0.39 is 0 Å². The fourth-order valence-electron chi connectivity index (χ4n) is 4.83. The third-order valence-corrected chi connectivity index (χ3v) is 6.49. The third kappa shape index (κ3) is 4.64. The van der Waals surface area contributed by atoms with Gasteiger partial charge in [-0.25, -0.2) is 0 Å². The number of benzene rings is 2. The van der Waals surface area contributed by atoms with Gasteiger partial charge in [0.15, 0.2) is 0 Å². The highest BCUT2D eigenvalue weighted by Gasteiger charge is 2.37. The Labute approximate surface area is 174 Å². The van der Waals surface area contributed by atoms with E-state index >= 15 is 0 Å². The smallest absolute Gasteiger partial charge is 0.254 e. The monoisotopic (exact) mass is 392 g/mol. The van der Waals surface area contributed by atoms with Gasteiger partial charge in [-0.3, -0.25) is 4.79 Å². The molecule has 4 nitrogen and oxygen atoms in total. The molecule has 2 fully saturated rings. The second-order valence-corrected chi connectivity index (χ2v) is 8.58. The average Bonchev–Trinajstić information content (AvgIpc) is 3.18. The van der Waals surface area contributed by atoms with Gasteiger partial charge < -0.3 is 14.5 Å². The van der Waals surface area contributed by atoms with Crippen molar-refractivity contribution in [3.8, 4) is 5.75 Å². The largest absolute Gasteiger partial charge is 0.497 e. The van der Waals surface area contributed by atoms with Crippen LogP contribution in [0.15, 0.2) is 48.5 Å². The van der Waals surface area contributed by atoms with Crippen LogP contribution in [-0.2, 0) is 0 Å². The second kappa shape index (κ2) is 9.00. The van der Waals surface area contributed by atoms with Gasteiger partial charge in [-0.05, 0) is 62.5 Å². The van der Waals surface area contributed by atoms with Crippen molar-refractivity contribution >= 4 is 5.91 Å². The summed E-state index contributed by atoms with van der Waals surface area (Å²) in [5, 5.41) is 0. The van der Waals surface area contributed by atoms with Gasteiger partial charge in [0.05, 0.1) is 7.11 Å². The van der Waals surface area contributed by atoms with E-state index in [4.69, 9.17) is 4.74 Å². The molecule has 2 aliphatic heterocycles. The molecule has 1 amide bonds. The highest BCUT2D eigenvalue weighted by atomic mass is 16.5. The quantitative estimate of drug-likeness (QED) is 0.759. The number of hydrogen-bond acceptors (Lipinski definition) is 3. The number of aryl methyl sites for hydroxylation is 1. The van der Waals surface area contributed by atoms with Gasteiger partial charge in [0, 0.05) is 31.1 Å². The van der Waals surface area contributed by atoms with Crippen LogP contribution < -0.4 is 4.74 Å². The Morgan fingerprint density at radius 2 is 1.79 bits per heavy atom. The van der Waals surface area contributed by atoms with E-state index in [1.54, 1.807) is 7.11 Å². The molecule has 2 heterocycles. The van der Waals surface area contributed by atoms with Gasteiger partial charge in [-0.15, -0.1) is 0 Å². The lowest BCUT2D eigenvalue weighted by Gasteiger charge is -2.31. The minimum absolute atomic E-state index is 0.113. The standard InChI is InChI=1S/C25H32N2O2/c1-19-9-11-20(12-10-19)24-18-27(17-22(24)16-26-13-4-3-5-14-26)25(28)21-7-6-8-23(15-21)29-2/h6-12,15,22,24H,3-5,13-14,16-18H2,1-2H3/t22-,24+/m0/s1. The van der Waals surface area contributed by atoms with Crippen molar-refractivity contribution in [1.82, 2.24) is 9.80 Å². The number of likely N-dealkylation sites (tertiary alicyclic amines) is 2. The maximum Gasteiger partial charge on any atom is 0.254 e. The Bertz CT molecular complexity index is 827. The molecule has 4 heteroatoms. The summed E-state index contributed by atoms with van der Waals surface area (Å²) in [6.07, 6.45) is 3.95. The van der Waals surface area contributed by atoms with Crippen molar-refractivity contribution in [2.24, 2.45) is 5.92 Å². The molecule has 0 spiro atoms. The van der Waals surface area contributed by atoms with Gasteiger partial charge in [-0.2, -0.15) is 0 Å². The number of nitrogens with zero attached hydrogens (tertiary/aromatic N) is 2. The first-order valence-corrected chi connectivity index (χ1v) is 10.9. The molecule has 2 aliphatic rings. The molecule has 2 aromatic carbocycles. The minimum atomic E-state index is 0.113. The van der Waals surface area contributed by atoms with Crippen LogP contribution in [0.3, 0.4) is 0 Å². The number of rotatable bonds is 5. The summed E-state index contributed by atoms with van der Waals surface area (Å²) in [4.78, 5) is 17.9. The van der Waals surface area contributed by atoms with Crippen LogP contribution in [0.25, 0.3) is 0 Å². The lowest BCUT2D eigenvalue weighted by molar-refractivity contribution is 0.0781. The molecule has 0 saturated carbocycles. The molecule has 154 valence electrons. The molecule has 0 aliphatic carbocycles. The van der Waals surface area contributed by atoms with Crippen molar-refractivity contribution in [3.05, 3.63) is 65.2 Å². The van der Waals surface area contributed by atoms with Crippen molar-refractivity contribution in [2.75, 3.05) is 39.8 Å². The van der Waals surface area contributed by atoms with Crippen molar-refractivity contribution in [2.45, 2.75) is 32.1 Å². The Balaban J connectivity index is 1.54. The fraction of sp³-hybridized carbons (Fsp3) is 0.480. The maximum atomic E-state index is 13.2. The number of ether oxygens (including phenoxy) is 1. The Morgan fingerprint density at radius 1 is 1.03 bits per heavy atom. The van der Waals surface area contributed by atoms with E-state index in [-0.39, 0.29) is 5.91 Å². The molecule has 2 atom stereocenters. The van der Waals surface area contributed by atoms with Gasteiger partial charge in [0.25, 0.3) is 5.91 Å². The van der Waals surface area contributed by atoms with Crippen LogP contribution in [-0.4, -0.2) is 55.5 Å². The summed E-state index contributed by atoms with van der Waals surface area (Å²) in [5.41, 5.74) is 3.35. The van der Waals surface area contributed by atoms with E-state index in [1.807, 2.05) is 29.2 Å². The third-order valence-electron chi connectivity index (χ3n) is 6.49. The molecule has 4 rings (SSSR count). The van der Waals surface area contributed by atoms with Crippen LogP contribution in [0.5, 0.6) is 5.75 Å². The number of carbonyl (C=O) groups excluding carboxylic acids is 1. The topological polar surface area (TPSA) is 32.8 Å². The maximum absolute atomic E-state index is 13.2. The number of piperidine rings is 1. The molecule has 2 saturated heterocycles. The van der Waals surface area contributed by atoms with Crippen molar-refractivity contribution in [1.29, 1.82) is 0 Å². The molecule has 2 aromatic rings. The molecular weight excluding hydrogens is 360 g/mol. The Morgan fingerprint density at radius 3 is 2.52 bits per heavy atom. The first-order chi connectivity index (χ1) is 14.1. The molecule has 0 aromatic heterocycles. The summed E-state index contributed by atoms with van der Waals surface area (Å²) >= 11 is 0. The van der Waals surface area contributed by atoms with Crippen LogP contribution >= 0.6 is 0 Å². The van der Waals surface area contributed by atoms with Crippen LogP contribution in [0, 0.1) is 12.8 Å². The Hall–Kier alpha value is -2.33. The second-order valence-electron chi connectivity index (χ2n) is 8.58. The summed E-state index contributed by atoms with van der Waals surface area (Å²) in [6.45, 7) is 7.22. The summed E-state index contributed by atoms with van der Waals surface area (Å²) in [6, 6.07) is 16.4. The van der Waals surface area contributed by atoms with E-state index in [0.717, 1.165) is 25.4 Å². The first-order valence-electron chi connectivity index (χ1n) is 10.9. The number of hydrogen-bond donors (Lipinski definition) is 0. The van der Waals surface area contributed by atoms with Gasteiger partial charge in [0.2, 0.25) is 0 Å². The summed E-state index contributed by atoms with van der Waals surface area (Å²) in [5.74, 6) is 1.72. The molecule has 29 heavy (non-hydrogen) atoms. The van der Waals surface area contributed by atoms with E-state index in [0.29, 0.717) is 17.4 Å². The number of amides is 1. The van der Waals surface area contributed by atoms with E-state index in [2.05, 4.69) is 36.1 Å². The highest BCUT2D eigenvalue weighted by molar-refractivity contribution is 5.94. The number of methoxy groups -OCH3 is 1. The Kier molecular flexibility index (Phi) is 6.19. The lowest BCUT2D eigenvalue weighted by atomic mass is 9.88. The molecule has 0 unspecified atom stereocenters. The predicted octanol–water partition coefficient (Wildman–Crippen LogP) is 4.35. The summed E-state index contributed by atoms with van der Waals surface area (Å²) in [7, 11) is 1.64. The zero-order valence-electron chi connectivity index (χ0n) is 17.6. The molecular formula is C25H32N2O2. The SMILES string of the molecule is COc1cccc(C(=O)N2C[C@H](CN3CCCCC3)[C@@H](c3ccc(C)cc3)C2)c1. The predicted molar refractivity (Wildman–Crippen MR) is 117 cm³/mol. The normalized spacial score (nSPS) is 22.6. The van der Waals surface area contributed by atoms with Gasteiger partial charge in [-0.1, -0.05) is 42.3 Å². The molecule has 0 bridgehead atoms.